The predicted molar refractivity (Wildman–Crippen MR) is 83.6 cm³/mol. The standard InChI is InChI=1S/C18H18F3NO2/c1-12-2-7-16(24-12)13-3-5-14(6-4-13)17(23)22-10-8-15(9-11-22)18(19,20)21/h2-7,15H,8-11H2,1H3. The van der Waals surface area contributed by atoms with E-state index >= 15 is 0 Å². The van der Waals surface area contributed by atoms with Crippen LogP contribution in [0.5, 0.6) is 0 Å². The Morgan fingerprint density at radius 2 is 1.71 bits per heavy atom. The Hall–Kier alpha value is -2.24. The van der Waals surface area contributed by atoms with Crippen LogP contribution in [0.1, 0.15) is 29.0 Å². The van der Waals surface area contributed by atoms with Crippen molar-refractivity contribution in [3.8, 4) is 11.3 Å². The van der Waals surface area contributed by atoms with E-state index in [1.165, 1.54) is 4.90 Å². The first-order valence-corrected chi connectivity index (χ1v) is 7.87. The molecule has 24 heavy (non-hydrogen) atoms. The summed E-state index contributed by atoms with van der Waals surface area (Å²) in [4.78, 5) is 13.9. The summed E-state index contributed by atoms with van der Waals surface area (Å²) in [5.74, 6) is -0.000836. The largest absolute Gasteiger partial charge is 0.461 e. The lowest BCUT2D eigenvalue weighted by Gasteiger charge is -2.33. The molecule has 1 aromatic heterocycles. The van der Waals surface area contributed by atoms with Crippen LogP contribution in [0.3, 0.4) is 0 Å². The van der Waals surface area contributed by atoms with Gasteiger partial charge in [0.15, 0.2) is 0 Å². The fraction of sp³-hybridized carbons (Fsp3) is 0.389. The first-order chi connectivity index (χ1) is 11.3. The van der Waals surface area contributed by atoms with Crippen LogP contribution >= 0.6 is 0 Å². The van der Waals surface area contributed by atoms with Crippen molar-refractivity contribution in [1.29, 1.82) is 0 Å². The zero-order chi connectivity index (χ0) is 17.3. The third kappa shape index (κ3) is 3.47. The molecule has 0 aliphatic carbocycles. The molecule has 0 spiro atoms. The highest BCUT2D eigenvalue weighted by Crippen LogP contribution is 2.34. The first kappa shape index (κ1) is 16.6. The Morgan fingerprint density at radius 3 is 2.21 bits per heavy atom. The maximum absolute atomic E-state index is 12.7. The SMILES string of the molecule is Cc1ccc(-c2ccc(C(=O)N3CCC(C(F)(F)F)CC3)cc2)o1. The smallest absolute Gasteiger partial charge is 0.391 e. The number of amides is 1. The van der Waals surface area contributed by atoms with Crippen LogP contribution in [0.4, 0.5) is 13.2 Å². The number of hydrogen-bond donors (Lipinski definition) is 0. The van der Waals surface area contributed by atoms with Gasteiger partial charge in [-0.1, -0.05) is 12.1 Å². The minimum atomic E-state index is -4.17. The highest BCUT2D eigenvalue weighted by Gasteiger charge is 2.41. The number of likely N-dealkylation sites (tertiary alicyclic amines) is 1. The summed E-state index contributed by atoms with van der Waals surface area (Å²) in [6, 6.07) is 10.7. The van der Waals surface area contributed by atoms with Crippen molar-refractivity contribution in [2.75, 3.05) is 13.1 Å². The van der Waals surface area contributed by atoms with Crippen molar-refractivity contribution in [1.82, 2.24) is 4.90 Å². The highest BCUT2D eigenvalue weighted by atomic mass is 19.4. The quantitative estimate of drug-likeness (QED) is 0.798. The first-order valence-electron chi connectivity index (χ1n) is 7.87. The van der Waals surface area contributed by atoms with Gasteiger partial charge in [0, 0.05) is 24.2 Å². The van der Waals surface area contributed by atoms with Gasteiger partial charge in [-0.05, 0) is 44.0 Å². The lowest BCUT2D eigenvalue weighted by atomic mass is 9.95. The predicted octanol–water partition coefficient (Wildman–Crippen LogP) is 4.67. The molecule has 2 heterocycles. The molecule has 1 aliphatic rings. The fourth-order valence-electron chi connectivity index (χ4n) is 2.96. The molecule has 0 atom stereocenters. The van der Waals surface area contributed by atoms with Crippen LogP contribution < -0.4 is 0 Å². The number of carbonyl (C=O) groups excluding carboxylic acids is 1. The summed E-state index contributed by atoms with van der Waals surface area (Å²) in [6.45, 7) is 2.14. The highest BCUT2D eigenvalue weighted by molar-refractivity contribution is 5.94. The van der Waals surface area contributed by atoms with Gasteiger partial charge in [0.25, 0.3) is 5.91 Å². The van der Waals surface area contributed by atoms with E-state index in [0.29, 0.717) is 5.56 Å². The van der Waals surface area contributed by atoms with Crippen molar-refractivity contribution < 1.29 is 22.4 Å². The maximum Gasteiger partial charge on any atom is 0.391 e. The molecule has 1 aromatic carbocycles. The molecular weight excluding hydrogens is 319 g/mol. The van der Waals surface area contributed by atoms with Gasteiger partial charge in [-0.2, -0.15) is 13.2 Å². The van der Waals surface area contributed by atoms with E-state index < -0.39 is 12.1 Å². The summed E-state index contributed by atoms with van der Waals surface area (Å²) < 4.78 is 43.6. The van der Waals surface area contributed by atoms with Gasteiger partial charge in [0.1, 0.15) is 11.5 Å². The van der Waals surface area contributed by atoms with Gasteiger partial charge >= 0.3 is 6.18 Å². The van der Waals surface area contributed by atoms with Crippen LogP contribution in [0, 0.1) is 12.8 Å². The van der Waals surface area contributed by atoms with Crippen molar-refractivity contribution in [3.05, 3.63) is 47.7 Å². The van der Waals surface area contributed by atoms with E-state index in [1.54, 1.807) is 24.3 Å². The van der Waals surface area contributed by atoms with Crippen LogP contribution in [-0.4, -0.2) is 30.1 Å². The zero-order valence-electron chi connectivity index (χ0n) is 13.3. The number of furan rings is 1. The summed E-state index contributed by atoms with van der Waals surface area (Å²) >= 11 is 0. The molecule has 0 unspecified atom stereocenters. The fourth-order valence-corrected chi connectivity index (χ4v) is 2.96. The summed E-state index contributed by atoms with van der Waals surface area (Å²) in [5.41, 5.74) is 1.34. The second-order valence-corrected chi connectivity index (χ2v) is 6.10. The molecule has 2 aromatic rings. The minimum Gasteiger partial charge on any atom is -0.461 e. The molecule has 6 heteroatoms. The number of hydrogen-bond acceptors (Lipinski definition) is 2. The lowest BCUT2D eigenvalue weighted by Crippen LogP contribution is -2.42. The summed E-state index contributed by atoms with van der Waals surface area (Å²) in [6.07, 6.45) is -4.23. The Bertz CT molecular complexity index is 711. The van der Waals surface area contributed by atoms with E-state index in [9.17, 15) is 18.0 Å². The number of carbonyl (C=O) groups is 1. The molecule has 1 amide bonds. The molecule has 1 fully saturated rings. The number of piperidine rings is 1. The Balaban J connectivity index is 1.66. The molecule has 1 aliphatic heterocycles. The summed E-state index contributed by atoms with van der Waals surface area (Å²) in [7, 11) is 0. The Morgan fingerprint density at radius 1 is 1.08 bits per heavy atom. The number of alkyl halides is 3. The molecule has 3 rings (SSSR count). The van der Waals surface area contributed by atoms with Gasteiger partial charge in [-0.15, -0.1) is 0 Å². The second kappa shape index (κ2) is 6.34. The van der Waals surface area contributed by atoms with Crippen molar-refractivity contribution >= 4 is 5.91 Å². The average Bonchev–Trinajstić information content (AvgIpc) is 3.00. The number of halogens is 3. The third-order valence-electron chi connectivity index (χ3n) is 4.40. The summed E-state index contributed by atoms with van der Waals surface area (Å²) in [5, 5.41) is 0. The molecule has 1 saturated heterocycles. The van der Waals surface area contributed by atoms with Gasteiger partial charge < -0.3 is 9.32 Å². The van der Waals surface area contributed by atoms with E-state index in [2.05, 4.69) is 0 Å². The zero-order valence-corrected chi connectivity index (χ0v) is 13.3. The van der Waals surface area contributed by atoms with Gasteiger partial charge in [0.2, 0.25) is 0 Å². The third-order valence-corrected chi connectivity index (χ3v) is 4.40. The molecule has 128 valence electrons. The lowest BCUT2D eigenvalue weighted by molar-refractivity contribution is -0.183. The molecule has 3 nitrogen and oxygen atoms in total. The van der Waals surface area contributed by atoms with Gasteiger partial charge in [-0.3, -0.25) is 4.79 Å². The number of nitrogens with zero attached hydrogens (tertiary/aromatic N) is 1. The van der Waals surface area contributed by atoms with Gasteiger partial charge in [-0.25, -0.2) is 0 Å². The van der Waals surface area contributed by atoms with Crippen LogP contribution in [0.25, 0.3) is 11.3 Å². The second-order valence-electron chi connectivity index (χ2n) is 6.10. The Kier molecular flexibility index (Phi) is 4.39. The van der Waals surface area contributed by atoms with Crippen molar-refractivity contribution in [2.24, 2.45) is 5.92 Å². The normalized spacial score (nSPS) is 16.4. The van der Waals surface area contributed by atoms with Crippen molar-refractivity contribution in [2.45, 2.75) is 25.9 Å². The van der Waals surface area contributed by atoms with E-state index in [4.69, 9.17) is 4.42 Å². The molecule has 0 radical (unpaired) electrons. The average molecular weight is 337 g/mol. The van der Waals surface area contributed by atoms with Crippen molar-refractivity contribution in [3.63, 3.8) is 0 Å². The Labute approximate surface area is 138 Å². The molecule has 0 bridgehead atoms. The van der Waals surface area contributed by atoms with Crippen LogP contribution in [0.2, 0.25) is 0 Å². The minimum absolute atomic E-state index is 0.0288. The van der Waals surface area contributed by atoms with Gasteiger partial charge in [0.05, 0.1) is 5.92 Å². The topological polar surface area (TPSA) is 33.5 Å². The number of benzene rings is 1. The number of rotatable bonds is 2. The van der Waals surface area contributed by atoms with E-state index in [-0.39, 0.29) is 31.8 Å². The van der Waals surface area contributed by atoms with E-state index in [0.717, 1.165) is 17.1 Å². The molecular formula is C18H18F3NO2. The van der Waals surface area contributed by atoms with E-state index in [1.807, 2.05) is 19.1 Å². The molecule has 0 N–H and O–H groups in total. The maximum atomic E-state index is 12.7. The van der Waals surface area contributed by atoms with Crippen LogP contribution in [0.15, 0.2) is 40.8 Å². The van der Waals surface area contributed by atoms with Crippen LogP contribution in [-0.2, 0) is 0 Å². The molecule has 0 saturated carbocycles. The monoisotopic (exact) mass is 337 g/mol. The number of aryl methyl sites for hydroxylation is 1.